The van der Waals surface area contributed by atoms with Crippen LogP contribution in [0.25, 0.3) is 0 Å². The Labute approximate surface area is 133 Å². The topological polar surface area (TPSA) is 37.3 Å². The summed E-state index contributed by atoms with van der Waals surface area (Å²) in [6.45, 7) is 10.8. The van der Waals surface area contributed by atoms with Gasteiger partial charge in [-0.1, -0.05) is 52.7 Å². The lowest BCUT2D eigenvalue weighted by atomic mass is 9.55. The number of carbonyl (C=O) groups is 1. The Morgan fingerprint density at radius 1 is 1.14 bits per heavy atom. The van der Waals surface area contributed by atoms with Crippen LogP contribution in [0.15, 0.2) is 23.8 Å². The third kappa shape index (κ3) is 1.96. The van der Waals surface area contributed by atoms with Gasteiger partial charge >= 0.3 is 0 Å². The summed E-state index contributed by atoms with van der Waals surface area (Å²) in [5.74, 6) is 0.448. The molecule has 1 N–H and O–H groups in total. The van der Waals surface area contributed by atoms with Crippen LogP contribution in [0.5, 0.6) is 5.75 Å². The summed E-state index contributed by atoms with van der Waals surface area (Å²) in [7, 11) is 0. The maximum Gasteiger partial charge on any atom is 0.186 e. The Kier molecular flexibility index (Phi) is 3.28. The van der Waals surface area contributed by atoms with Crippen molar-refractivity contribution >= 4 is 5.78 Å². The molecule has 2 aliphatic carbocycles. The summed E-state index contributed by atoms with van der Waals surface area (Å²) in [6, 6.07) is 3.75. The molecule has 0 unspecified atom stereocenters. The normalized spacial score (nSPS) is 26.5. The molecule has 2 nitrogen and oxygen atoms in total. The maximum absolute atomic E-state index is 12.9. The van der Waals surface area contributed by atoms with Gasteiger partial charge in [-0.05, 0) is 41.9 Å². The number of carbonyl (C=O) groups excluding carboxylic acids is 1. The highest BCUT2D eigenvalue weighted by atomic mass is 16.3. The second kappa shape index (κ2) is 4.71. The van der Waals surface area contributed by atoms with Crippen LogP contribution in [-0.2, 0) is 5.41 Å². The molecule has 0 aromatic heterocycles. The first-order valence-corrected chi connectivity index (χ1v) is 8.32. The van der Waals surface area contributed by atoms with Gasteiger partial charge in [-0.15, -0.1) is 0 Å². The van der Waals surface area contributed by atoms with Gasteiger partial charge in [0, 0.05) is 16.5 Å². The van der Waals surface area contributed by atoms with E-state index in [0.717, 1.165) is 29.5 Å². The summed E-state index contributed by atoms with van der Waals surface area (Å²) in [4.78, 5) is 12.9. The molecule has 0 saturated heterocycles. The lowest BCUT2D eigenvalue weighted by molar-refractivity contribution is 0.102. The van der Waals surface area contributed by atoms with E-state index in [9.17, 15) is 9.90 Å². The Morgan fingerprint density at radius 3 is 2.45 bits per heavy atom. The lowest BCUT2D eigenvalue weighted by Crippen LogP contribution is -2.41. The minimum absolute atomic E-state index is 0.0657. The van der Waals surface area contributed by atoms with Crippen LogP contribution in [0.1, 0.15) is 81.3 Å². The Hall–Kier alpha value is -1.57. The molecular formula is C20H26O2. The van der Waals surface area contributed by atoms with Gasteiger partial charge in [-0.25, -0.2) is 0 Å². The fourth-order valence-corrected chi connectivity index (χ4v) is 4.66. The van der Waals surface area contributed by atoms with Crippen LogP contribution in [0.2, 0.25) is 0 Å². The second-order valence-electron chi connectivity index (χ2n) is 8.07. The fraction of sp³-hybridized carbons (Fsp3) is 0.550. The molecule has 2 aliphatic rings. The molecule has 0 bridgehead atoms. The van der Waals surface area contributed by atoms with E-state index in [4.69, 9.17) is 0 Å². The molecule has 0 heterocycles. The SMILES string of the molecule is CC(C)c1c(O)ccc2c1C(=O)C=C1C(C)(C)CCC[C@@]12C. The molecule has 0 aliphatic heterocycles. The fourth-order valence-electron chi connectivity index (χ4n) is 4.66. The van der Waals surface area contributed by atoms with Crippen LogP contribution in [0.4, 0.5) is 0 Å². The van der Waals surface area contributed by atoms with E-state index in [1.54, 1.807) is 6.07 Å². The van der Waals surface area contributed by atoms with Crippen molar-refractivity contribution in [3.63, 3.8) is 0 Å². The zero-order chi connectivity index (χ0) is 16.3. The zero-order valence-corrected chi connectivity index (χ0v) is 14.3. The standard InChI is InChI=1S/C20H26O2/c1-12(2)17-14(21)8-7-13-18(17)15(22)11-16-19(3,4)9-6-10-20(13,16)5/h7-8,11-12,21H,6,9-10H2,1-5H3/t20-/m1/s1. The number of hydrogen-bond acceptors (Lipinski definition) is 2. The van der Waals surface area contributed by atoms with Gasteiger partial charge in [0.05, 0.1) is 0 Å². The first-order chi connectivity index (χ1) is 10.2. The number of phenolic OH excluding ortho intramolecular Hbond substituents is 1. The van der Waals surface area contributed by atoms with Gasteiger partial charge < -0.3 is 5.11 Å². The molecule has 2 heteroatoms. The Balaban J connectivity index is 2.31. The average Bonchev–Trinajstić information content (AvgIpc) is 2.40. The highest BCUT2D eigenvalue weighted by Gasteiger charge is 2.47. The van der Waals surface area contributed by atoms with Gasteiger partial charge in [0.15, 0.2) is 5.78 Å². The number of rotatable bonds is 1. The molecule has 0 amide bonds. The van der Waals surface area contributed by atoms with Crippen molar-refractivity contribution < 1.29 is 9.90 Å². The molecule has 22 heavy (non-hydrogen) atoms. The monoisotopic (exact) mass is 298 g/mol. The summed E-state index contributed by atoms with van der Waals surface area (Å²) >= 11 is 0. The molecule has 3 rings (SSSR count). The van der Waals surface area contributed by atoms with E-state index in [0.29, 0.717) is 0 Å². The van der Waals surface area contributed by atoms with Gasteiger partial charge in [0.1, 0.15) is 5.75 Å². The minimum Gasteiger partial charge on any atom is -0.508 e. The van der Waals surface area contributed by atoms with Gasteiger partial charge in [0.25, 0.3) is 0 Å². The van der Waals surface area contributed by atoms with E-state index >= 15 is 0 Å². The van der Waals surface area contributed by atoms with E-state index < -0.39 is 0 Å². The van der Waals surface area contributed by atoms with Crippen LogP contribution >= 0.6 is 0 Å². The number of aromatic hydroxyl groups is 1. The number of benzene rings is 1. The van der Waals surface area contributed by atoms with Crippen LogP contribution < -0.4 is 0 Å². The summed E-state index contributed by atoms with van der Waals surface area (Å²) in [6.07, 6.45) is 5.25. The van der Waals surface area contributed by atoms with Crippen molar-refractivity contribution in [3.05, 3.63) is 40.5 Å². The smallest absolute Gasteiger partial charge is 0.186 e. The van der Waals surface area contributed by atoms with Crippen molar-refractivity contribution in [2.75, 3.05) is 0 Å². The summed E-state index contributed by atoms with van der Waals surface area (Å²) in [5, 5.41) is 10.3. The number of fused-ring (bicyclic) bond motifs is 3. The van der Waals surface area contributed by atoms with Crippen molar-refractivity contribution in [1.29, 1.82) is 0 Å². The largest absolute Gasteiger partial charge is 0.508 e. The molecule has 1 atom stereocenters. The first kappa shape index (κ1) is 15.3. The van der Waals surface area contributed by atoms with Crippen LogP contribution in [-0.4, -0.2) is 10.9 Å². The first-order valence-electron chi connectivity index (χ1n) is 8.32. The Bertz CT molecular complexity index is 679. The molecule has 0 radical (unpaired) electrons. The van der Waals surface area contributed by atoms with E-state index in [1.165, 1.54) is 12.0 Å². The van der Waals surface area contributed by atoms with E-state index in [1.807, 2.05) is 26.0 Å². The second-order valence-corrected chi connectivity index (χ2v) is 8.07. The van der Waals surface area contributed by atoms with Crippen molar-refractivity contribution in [3.8, 4) is 5.75 Å². The predicted octanol–water partition coefficient (Wildman–Crippen LogP) is 5.11. The van der Waals surface area contributed by atoms with Crippen molar-refractivity contribution in [1.82, 2.24) is 0 Å². The molecule has 1 fully saturated rings. The van der Waals surface area contributed by atoms with Gasteiger partial charge in [-0.2, -0.15) is 0 Å². The molecule has 1 saturated carbocycles. The zero-order valence-electron chi connectivity index (χ0n) is 14.3. The van der Waals surface area contributed by atoms with Crippen molar-refractivity contribution in [2.24, 2.45) is 5.41 Å². The number of hydrogen-bond donors (Lipinski definition) is 1. The number of allylic oxidation sites excluding steroid dienone is 2. The molecule has 1 aromatic rings. The van der Waals surface area contributed by atoms with E-state index in [2.05, 4.69) is 20.8 Å². The average molecular weight is 298 g/mol. The third-order valence-corrected chi connectivity index (χ3v) is 5.72. The predicted molar refractivity (Wildman–Crippen MR) is 89.6 cm³/mol. The molecule has 118 valence electrons. The van der Waals surface area contributed by atoms with E-state index in [-0.39, 0.29) is 28.3 Å². The number of ketones is 1. The summed E-state index contributed by atoms with van der Waals surface area (Å²) < 4.78 is 0. The number of phenols is 1. The van der Waals surface area contributed by atoms with Crippen molar-refractivity contribution in [2.45, 2.75) is 65.2 Å². The Morgan fingerprint density at radius 2 is 1.82 bits per heavy atom. The quantitative estimate of drug-likeness (QED) is 0.782. The highest BCUT2D eigenvalue weighted by Crippen LogP contribution is 2.55. The maximum atomic E-state index is 12.9. The van der Waals surface area contributed by atoms with Gasteiger partial charge in [-0.3, -0.25) is 4.79 Å². The van der Waals surface area contributed by atoms with Gasteiger partial charge in [0.2, 0.25) is 0 Å². The van der Waals surface area contributed by atoms with Crippen LogP contribution in [0, 0.1) is 5.41 Å². The van der Waals surface area contributed by atoms with Crippen LogP contribution in [0.3, 0.4) is 0 Å². The molecule has 0 spiro atoms. The molecule has 1 aromatic carbocycles. The lowest BCUT2D eigenvalue weighted by Gasteiger charge is -2.49. The molecular weight excluding hydrogens is 272 g/mol. The highest BCUT2D eigenvalue weighted by molar-refractivity contribution is 6.10. The summed E-state index contributed by atoms with van der Waals surface area (Å²) in [5.41, 5.74) is 3.92. The minimum atomic E-state index is -0.0810. The third-order valence-electron chi connectivity index (χ3n) is 5.72.